The molecule has 0 rings (SSSR count). The molecule has 0 aliphatic rings. The Hall–Kier alpha value is -0.760. The van der Waals surface area contributed by atoms with E-state index in [0.717, 1.165) is 0 Å². The van der Waals surface area contributed by atoms with Gasteiger partial charge in [0.1, 0.15) is 11.5 Å². The van der Waals surface area contributed by atoms with Crippen molar-refractivity contribution in [2.45, 2.75) is 39.5 Å². The quantitative estimate of drug-likeness (QED) is 0.313. The van der Waals surface area contributed by atoms with E-state index in [1.165, 1.54) is 37.2 Å². The lowest BCUT2D eigenvalue weighted by Crippen LogP contribution is -2.23. The number of allylic oxidation sites excluding steroid dienone is 4. The van der Waals surface area contributed by atoms with Gasteiger partial charge in [0.05, 0.1) is 0 Å². The van der Waals surface area contributed by atoms with Gasteiger partial charge in [-0.3, -0.25) is 4.79 Å². The van der Waals surface area contributed by atoms with Crippen molar-refractivity contribution in [2.24, 2.45) is 0 Å². The third kappa shape index (κ3) is 7.54. The first kappa shape index (κ1) is 17.2. The van der Waals surface area contributed by atoms with E-state index in [4.69, 9.17) is 0 Å². The van der Waals surface area contributed by atoms with Crippen LogP contribution in [0.2, 0.25) is 0 Å². The van der Waals surface area contributed by atoms with Gasteiger partial charge in [-0.05, 0) is 23.7 Å². The number of unbranched alkanes of at least 4 members (excludes halogenated alkanes) is 2. The van der Waals surface area contributed by atoms with Gasteiger partial charge in [-0.1, -0.05) is 58.1 Å². The first-order valence-corrected chi connectivity index (χ1v) is 8.55. The van der Waals surface area contributed by atoms with Crippen LogP contribution < -0.4 is 0 Å². The summed E-state index contributed by atoms with van der Waals surface area (Å²) in [5.74, 6) is 3.30. The van der Waals surface area contributed by atoms with E-state index in [1.807, 2.05) is 0 Å². The van der Waals surface area contributed by atoms with Gasteiger partial charge in [-0.25, -0.2) is 0 Å². The first-order chi connectivity index (χ1) is 8.69. The van der Waals surface area contributed by atoms with Gasteiger partial charge in [0.25, 0.3) is 0 Å². The molecular weight excluding hydrogens is 240 g/mol. The van der Waals surface area contributed by atoms with Crippen molar-refractivity contribution in [3.05, 3.63) is 37.0 Å². The van der Waals surface area contributed by atoms with E-state index in [9.17, 15) is 4.79 Å². The predicted octanol–water partition coefficient (Wildman–Crippen LogP) is 4.07. The van der Waals surface area contributed by atoms with Crippen molar-refractivity contribution < 1.29 is 4.79 Å². The summed E-state index contributed by atoms with van der Waals surface area (Å²) in [5, 5.41) is 0. The number of rotatable bonds is 11. The van der Waals surface area contributed by atoms with Crippen LogP contribution in [0.1, 0.15) is 39.5 Å². The monoisotopic (exact) mass is 267 g/mol. The van der Waals surface area contributed by atoms with Crippen LogP contribution in [0.25, 0.3) is 0 Å². The second-order valence-electron chi connectivity index (χ2n) is 4.36. The van der Waals surface area contributed by atoms with Crippen LogP contribution in [0.5, 0.6) is 0 Å². The minimum Gasteiger partial charge on any atom is -0.289 e. The summed E-state index contributed by atoms with van der Waals surface area (Å²) in [5.41, 5.74) is 0.704. The van der Waals surface area contributed by atoms with Gasteiger partial charge in [0.15, 0.2) is 5.75 Å². The molecule has 18 heavy (non-hydrogen) atoms. The second kappa shape index (κ2) is 11.3. The highest BCUT2D eigenvalue weighted by atomic mass is 32.2. The van der Waals surface area contributed by atoms with Crippen molar-refractivity contribution >= 4 is 16.7 Å². The molecule has 0 saturated heterocycles. The molecule has 1 nitrogen and oxygen atoms in total. The SMILES string of the molecule is C=C/C=C(\C=C)C(=O)C[S+](CCCC)CCCC. The molecule has 0 aliphatic heterocycles. The van der Waals surface area contributed by atoms with E-state index in [1.54, 1.807) is 18.2 Å². The Morgan fingerprint density at radius 1 is 1.11 bits per heavy atom. The van der Waals surface area contributed by atoms with Crippen molar-refractivity contribution in [3.8, 4) is 0 Å². The lowest BCUT2D eigenvalue weighted by Gasteiger charge is -2.08. The van der Waals surface area contributed by atoms with Crippen molar-refractivity contribution in [1.82, 2.24) is 0 Å². The first-order valence-electron chi connectivity index (χ1n) is 6.82. The summed E-state index contributed by atoms with van der Waals surface area (Å²) < 4.78 is 0. The fraction of sp³-hybridized carbons (Fsp3) is 0.562. The molecule has 0 saturated carbocycles. The van der Waals surface area contributed by atoms with E-state index in [-0.39, 0.29) is 16.7 Å². The molecular formula is C16H27OS+. The zero-order valence-corrected chi connectivity index (χ0v) is 12.7. The molecule has 0 aromatic carbocycles. The van der Waals surface area contributed by atoms with Gasteiger partial charge in [0.2, 0.25) is 5.78 Å². The zero-order chi connectivity index (χ0) is 13.8. The number of carbonyl (C=O) groups excluding carboxylic acids is 1. The molecule has 0 bridgehead atoms. The topological polar surface area (TPSA) is 17.1 Å². The predicted molar refractivity (Wildman–Crippen MR) is 85.3 cm³/mol. The second-order valence-corrected chi connectivity index (χ2v) is 6.69. The van der Waals surface area contributed by atoms with Crippen LogP contribution in [0.15, 0.2) is 37.0 Å². The summed E-state index contributed by atoms with van der Waals surface area (Å²) in [6.07, 6.45) is 9.94. The number of hydrogen-bond donors (Lipinski definition) is 0. The Kier molecular flexibility index (Phi) is 10.9. The highest BCUT2D eigenvalue weighted by molar-refractivity contribution is 7.97. The van der Waals surface area contributed by atoms with Crippen LogP contribution in [-0.4, -0.2) is 23.0 Å². The molecule has 0 atom stereocenters. The molecule has 0 radical (unpaired) electrons. The summed E-state index contributed by atoms with van der Waals surface area (Å²) in [7, 11) is 0.247. The van der Waals surface area contributed by atoms with Crippen LogP contribution in [-0.2, 0) is 15.7 Å². The number of Topliss-reactive ketones (excluding diaryl/α,β-unsaturated/α-hetero) is 1. The summed E-state index contributed by atoms with van der Waals surface area (Å²) in [4.78, 5) is 12.1. The Bertz CT molecular complexity index is 283. The van der Waals surface area contributed by atoms with Crippen molar-refractivity contribution in [3.63, 3.8) is 0 Å². The van der Waals surface area contributed by atoms with Crippen LogP contribution in [0.4, 0.5) is 0 Å². The molecule has 0 aromatic rings. The minimum absolute atomic E-state index is 0.223. The Balaban J connectivity index is 4.43. The smallest absolute Gasteiger partial charge is 0.211 e. The Labute approximate surface area is 115 Å². The maximum atomic E-state index is 12.1. The fourth-order valence-corrected chi connectivity index (χ4v) is 4.04. The van der Waals surface area contributed by atoms with Gasteiger partial charge >= 0.3 is 0 Å². The van der Waals surface area contributed by atoms with Crippen LogP contribution in [0, 0.1) is 0 Å². The lowest BCUT2D eigenvalue weighted by atomic mass is 10.2. The normalized spacial score (nSPS) is 11.6. The van der Waals surface area contributed by atoms with Crippen molar-refractivity contribution in [2.75, 3.05) is 17.3 Å². The molecule has 0 aromatic heterocycles. The molecule has 0 unspecified atom stereocenters. The number of ketones is 1. The summed E-state index contributed by atoms with van der Waals surface area (Å²) in [6, 6.07) is 0. The standard InChI is InChI=1S/C16H27OS/c1-5-9-12-18(13-10-6-2)14-16(17)15(8-4)11-7-3/h7-8,11H,3-6,9-10,12-14H2,1-2H3/q+1/b15-11+. The molecule has 0 aliphatic carbocycles. The van der Waals surface area contributed by atoms with Gasteiger partial charge in [0, 0.05) is 5.57 Å². The Morgan fingerprint density at radius 2 is 1.67 bits per heavy atom. The number of hydrogen-bond acceptors (Lipinski definition) is 1. The van der Waals surface area contributed by atoms with E-state index >= 15 is 0 Å². The van der Waals surface area contributed by atoms with Crippen molar-refractivity contribution in [1.29, 1.82) is 0 Å². The van der Waals surface area contributed by atoms with Gasteiger partial charge in [-0.15, -0.1) is 0 Å². The van der Waals surface area contributed by atoms with Gasteiger partial charge in [-0.2, -0.15) is 0 Å². The average molecular weight is 267 g/mol. The average Bonchev–Trinajstić information content (AvgIpc) is 2.38. The molecule has 0 spiro atoms. The maximum Gasteiger partial charge on any atom is 0.211 e. The largest absolute Gasteiger partial charge is 0.289 e. The Morgan fingerprint density at radius 3 is 2.06 bits per heavy atom. The van der Waals surface area contributed by atoms with Crippen LogP contribution >= 0.6 is 0 Å². The third-order valence-electron chi connectivity index (χ3n) is 2.75. The molecule has 2 heteroatoms. The number of carbonyl (C=O) groups is 1. The zero-order valence-electron chi connectivity index (χ0n) is 11.9. The van der Waals surface area contributed by atoms with Gasteiger partial charge < -0.3 is 0 Å². The van der Waals surface area contributed by atoms with E-state index < -0.39 is 0 Å². The molecule has 102 valence electrons. The molecule has 0 fully saturated rings. The minimum atomic E-state index is 0.223. The highest BCUT2D eigenvalue weighted by Crippen LogP contribution is 2.09. The third-order valence-corrected chi connectivity index (χ3v) is 5.15. The molecule has 0 heterocycles. The molecule has 0 N–H and O–H groups in total. The molecule has 0 amide bonds. The van der Waals surface area contributed by atoms with Crippen LogP contribution in [0.3, 0.4) is 0 Å². The summed E-state index contributed by atoms with van der Waals surface area (Å²) >= 11 is 0. The van der Waals surface area contributed by atoms with E-state index in [2.05, 4.69) is 27.0 Å². The fourth-order valence-electron chi connectivity index (χ4n) is 1.61. The summed E-state index contributed by atoms with van der Waals surface area (Å²) in [6.45, 7) is 11.7. The van der Waals surface area contributed by atoms with E-state index in [0.29, 0.717) is 11.3 Å². The maximum absolute atomic E-state index is 12.1. The lowest BCUT2D eigenvalue weighted by molar-refractivity contribution is -0.112. The highest BCUT2D eigenvalue weighted by Gasteiger charge is 2.22.